The van der Waals surface area contributed by atoms with E-state index in [1.54, 1.807) is 6.92 Å². The van der Waals surface area contributed by atoms with E-state index >= 15 is 0 Å². The van der Waals surface area contributed by atoms with Gasteiger partial charge < -0.3 is 10.1 Å². The molecule has 1 amide bonds. The number of nitrogens with zero attached hydrogens (tertiary/aromatic N) is 1. The molecule has 23 heavy (non-hydrogen) atoms. The maximum atomic E-state index is 13.0. The number of morpholine rings is 1. The molecule has 2 rings (SSSR count). The maximum absolute atomic E-state index is 13.0. The smallest absolute Gasteiger partial charge is 0.376 e. The molecule has 2 atom stereocenters. The highest BCUT2D eigenvalue weighted by molar-refractivity contribution is 6.30. The Morgan fingerprint density at radius 1 is 1.48 bits per heavy atom. The van der Waals surface area contributed by atoms with Gasteiger partial charge in [0.15, 0.2) is 0 Å². The van der Waals surface area contributed by atoms with Crippen molar-refractivity contribution in [1.29, 1.82) is 0 Å². The zero-order valence-corrected chi connectivity index (χ0v) is 13.5. The summed E-state index contributed by atoms with van der Waals surface area (Å²) in [5.41, 5.74) is -1.25. The maximum Gasteiger partial charge on any atom is 0.418 e. The molecule has 1 heterocycles. The minimum absolute atomic E-state index is 0.0136. The highest BCUT2D eigenvalue weighted by Gasteiger charge is 2.35. The quantitative estimate of drug-likeness (QED) is 0.908. The van der Waals surface area contributed by atoms with E-state index in [2.05, 4.69) is 5.32 Å². The fourth-order valence-electron chi connectivity index (χ4n) is 2.46. The molecule has 0 bridgehead atoms. The van der Waals surface area contributed by atoms with Crippen LogP contribution in [0.5, 0.6) is 0 Å². The third-order valence-corrected chi connectivity index (χ3v) is 3.98. The molecule has 8 heteroatoms. The number of hydrogen-bond donors (Lipinski definition) is 1. The van der Waals surface area contributed by atoms with Crippen LogP contribution < -0.4 is 5.32 Å². The lowest BCUT2D eigenvalue weighted by Gasteiger charge is -2.34. The Balaban J connectivity index is 2.14. The minimum atomic E-state index is -4.59. The van der Waals surface area contributed by atoms with Gasteiger partial charge in [0, 0.05) is 18.1 Å². The van der Waals surface area contributed by atoms with Crippen molar-refractivity contribution < 1.29 is 22.7 Å². The second kappa shape index (κ2) is 7.07. The number of rotatable bonds is 3. The van der Waals surface area contributed by atoms with Gasteiger partial charge in [-0.2, -0.15) is 13.2 Å². The van der Waals surface area contributed by atoms with Gasteiger partial charge in [-0.3, -0.25) is 9.69 Å². The molecule has 4 nitrogen and oxygen atoms in total. The van der Waals surface area contributed by atoms with Gasteiger partial charge >= 0.3 is 6.18 Å². The van der Waals surface area contributed by atoms with E-state index in [1.165, 1.54) is 6.07 Å². The highest BCUT2D eigenvalue weighted by atomic mass is 35.5. The lowest BCUT2D eigenvalue weighted by atomic mass is 10.1. The van der Waals surface area contributed by atoms with Gasteiger partial charge in [-0.25, -0.2) is 0 Å². The second-order valence-corrected chi connectivity index (χ2v) is 5.97. The SMILES string of the molecule is CC1CN(C(C)C(=O)Nc2ccc(Cl)cc2C(F)(F)F)CCO1. The number of halogens is 4. The molecular formula is C15H18ClF3N2O2. The van der Waals surface area contributed by atoms with E-state index < -0.39 is 23.7 Å². The van der Waals surface area contributed by atoms with Crippen molar-refractivity contribution >= 4 is 23.2 Å². The zero-order chi connectivity index (χ0) is 17.2. The van der Waals surface area contributed by atoms with Crippen molar-refractivity contribution in [2.75, 3.05) is 25.0 Å². The third-order valence-electron chi connectivity index (χ3n) is 3.74. The summed E-state index contributed by atoms with van der Waals surface area (Å²) < 4.78 is 44.5. The number of hydrogen-bond acceptors (Lipinski definition) is 3. The van der Waals surface area contributed by atoms with Crippen molar-refractivity contribution in [2.45, 2.75) is 32.2 Å². The van der Waals surface area contributed by atoms with Crippen LogP contribution in [0.3, 0.4) is 0 Å². The molecule has 1 N–H and O–H groups in total. The predicted molar refractivity (Wildman–Crippen MR) is 81.5 cm³/mol. The Bertz CT molecular complexity index is 580. The summed E-state index contributed by atoms with van der Waals surface area (Å²) >= 11 is 5.62. The fraction of sp³-hybridized carbons (Fsp3) is 0.533. The average Bonchev–Trinajstić information content (AvgIpc) is 2.47. The van der Waals surface area contributed by atoms with Crippen LogP contribution >= 0.6 is 11.6 Å². The van der Waals surface area contributed by atoms with Gasteiger partial charge in [0.1, 0.15) is 0 Å². The van der Waals surface area contributed by atoms with Crippen molar-refractivity contribution in [1.82, 2.24) is 4.90 Å². The fourth-order valence-corrected chi connectivity index (χ4v) is 2.63. The van der Waals surface area contributed by atoms with Crippen LogP contribution in [0.2, 0.25) is 5.02 Å². The predicted octanol–water partition coefficient (Wildman–Crippen LogP) is 3.41. The molecular weight excluding hydrogens is 333 g/mol. The van der Waals surface area contributed by atoms with Gasteiger partial charge in [-0.05, 0) is 32.0 Å². The zero-order valence-electron chi connectivity index (χ0n) is 12.8. The number of alkyl halides is 3. The first-order valence-electron chi connectivity index (χ1n) is 7.21. The molecule has 1 saturated heterocycles. The van der Waals surface area contributed by atoms with Gasteiger partial charge in [-0.1, -0.05) is 11.6 Å². The lowest BCUT2D eigenvalue weighted by molar-refractivity contribution is -0.137. The molecule has 1 aliphatic heterocycles. The molecule has 1 aromatic rings. The average molecular weight is 351 g/mol. The number of benzene rings is 1. The Kier molecular flexibility index (Phi) is 5.54. The molecule has 0 aromatic heterocycles. The van der Waals surface area contributed by atoms with Crippen molar-refractivity contribution in [3.05, 3.63) is 28.8 Å². The van der Waals surface area contributed by atoms with Crippen LogP contribution in [0, 0.1) is 0 Å². The summed E-state index contributed by atoms with van der Waals surface area (Å²) in [4.78, 5) is 14.2. The summed E-state index contributed by atoms with van der Waals surface area (Å²) in [6.07, 6.45) is -4.61. The van der Waals surface area contributed by atoms with E-state index in [0.29, 0.717) is 19.7 Å². The van der Waals surface area contributed by atoms with Crippen LogP contribution in [0.15, 0.2) is 18.2 Å². The topological polar surface area (TPSA) is 41.6 Å². The molecule has 1 aliphatic rings. The van der Waals surface area contributed by atoms with Crippen LogP contribution in [0.4, 0.5) is 18.9 Å². The first-order valence-corrected chi connectivity index (χ1v) is 7.59. The molecule has 0 spiro atoms. The normalized spacial score (nSPS) is 21.0. The number of ether oxygens (including phenoxy) is 1. The van der Waals surface area contributed by atoms with Crippen LogP contribution in [0.1, 0.15) is 19.4 Å². The van der Waals surface area contributed by atoms with E-state index in [1.807, 2.05) is 11.8 Å². The van der Waals surface area contributed by atoms with Crippen molar-refractivity contribution in [3.63, 3.8) is 0 Å². The van der Waals surface area contributed by atoms with Crippen molar-refractivity contribution in [2.24, 2.45) is 0 Å². The first-order chi connectivity index (χ1) is 10.7. The summed E-state index contributed by atoms with van der Waals surface area (Å²) in [5, 5.41) is 2.32. The number of amides is 1. The summed E-state index contributed by atoms with van der Waals surface area (Å²) in [5.74, 6) is -0.494. The molecule has 0 saturated carbocycles. The Morgan fingerprint density at radius 3 is 2.78 bits per heavy atom. The van der Waals surface area contributed by atoms with E-state index in [-0.39, 0.29) is 16.8 Å². The number of carbonyl (C=O) groups excluding carboxylic acids is 1. The van der Waals surface area contributed by atoms with E-state index in [9.17, 15) is 18.0 Å². The largest absolute Gasteiger partial charge is 0.418 e. The molecule has 1 fully saturated rings. The monoisotopic (exact) mass is 350 g/mol. The van der Waals surface area contributed by atoms with E-state index in [0.717, 1.165) is 12.1 Å². The van der Waals surface area contributed by atoms with Crippen molar-refractivity contribution in [3.8, 4) is 0 Å². The minimum Gasteiger partial charge on any atom is -0.376 e. The van der Waals surface area contributed by atoms with E-state index in [4.69, 9.17) is 16.3 Å². The standard InChI is InChI=1S/C15H18ClF3N2O2/c1-9-8-21(5-6-23-9)10(2)14(22)20-13-4-3-11(16)7-12(13)15(17,18)19/h3-4,7,9-10H,5-6,8H2,1-2H3,(H,20,22). The van der Waals surface area contributed by atoms with Gasteiger partial charge in [0.25, 0.3) is 0 Å². The number of carbonyl (C=O) groups is 1. The number of anilines is 1. The number of nitrogens with one attached hydrogen (secondary N) is 1. The lowest BCUT2D eigenvalue weighted by Crippen LogP contribution is -2.50. The Hall–Kier alpha value is -1.31. The summed E-state index contributed by atoms with van der Waals surface area (Å²) in [6.45, 7) is 5.16. The molecule has 0 radical (unpaired) electrons. The summed E-state index contributed by atoms with van der Waals surface area (Å²) in [7, 11) is 0. The second-order valence-electron chi connectivity index (χ2n) is 5.53. The van der Waals surface area contributed by atoms with Gasteiger partial charge in [0.05, 0.1) is 30.0 Å². The molecule has 2 unspecified atom stereocenters. The van der Waals surface area contributed by atoms with Gasteiger partial charge in [-0.15, -0.1) is 0 Å². The van der Waals surface area contributed by atoms with Gasteiger partial charge in [0.2, 0.25) is 5.91 Å². The van der Waals surface area contributed by atoms with Crippen LogP contribution in [-0.4, -0.2) is 42.6 Å². The Morgan fingerprint density at radius 2 is 2.17 bits per heavy atom. The summed E-state index contributed by atoms with van der Waals surface area (Å²) in [6, 6.07) is 2.72. The highest BCUT2D eigenvalue weighted by Crippen LogP contribution is 2.36. The first kappa shape index (κ1) is 18.0. The Labute approximate surface area is 137 Å². The third kappa shape index (κ3) is 4.59. The van der Waals surface area contributed by atoms with Crippen LogP contribution in [-0.2, 0) is 15.7 Å². The molecule has 0 aliphatic carbocycles. The van der Waals surface area contributed by atoms with Crippen LogP contribution in [0.25, 0.3) is 0 Å². The molecule has 128 valence electrons. The molecule has 1 aromatic carbocycles.